The third-order valence-electron chi connectivity index (χ3n) is 3.78. The number of nitrogens with one attached hydrogen (secondary N) is 2. The van der Waals surface area contributed by atoms with Gasteiger partial charge in [-0.3, -0.25) is 9.59 Å². The summed E-state index contributed by atoms with van der Waals surface area (Å²) in [6, 6.07) is 15.3. The number of hydrogen-bond donors (Lipinski definition) is 2. The van der Waals surface area contributed by atoms with Crippen LogP contribution in [0.5, 0.6) is 5.75 Å². The predicted octanol–water partition coefficient (Wildman–Crippen LogP) is 2.84. The topological polar surface area (TPSA) is 67.4 Å². The van der Waals surface area contributed by atoms with Crippen molar-refractivity contribution in [3.05, 3.63) is 70.9 Å². The second-order valence-corrected chi connectivity index (χ2v) is 5.97. The van der Waals surface area contributed by atoms with Crippen molar-refractivity contribution in [1.29, 1.82) is 0 Å². The van der Waals surface area contributed by atoms with E-state index in [0.717, 1.165) is 22.4 Å². The molecule has 0 atom stereocenters. The molecule has 0 spiro atoms. The van der Waals surface area contributed by atoms with Gasteiger partial charge in [0.05, 0.1) is 7.11 Å². The second-order valence-electron chi connectivity index (χ2n) is 5.97. The summed E-state index contributed by atoms with van der Waals surface area (Å²) >= 11 is 0. The van der Waals surface area contributed by atoms with Crippen LogP contribution in [-0.2, 0) is 16.0 Å². The van der Waals surface area contributed by atoms with Gasteiger partial charge in [-0.2, -0.15) is 0 Å². The van der Waals surface area contributed by atoms with E-state index in [4.69, 9.17) is 4.74 Å². The minimum absolute atomic E-state index is 0.222. The Hall–Kier alpha value is -3.08. The van der Waals surface area contributed by atoms with Crippen molar-refractivity contribution in [1.82, 2.24) is 10.6 Å². The molecule has 0 aromatic heterocycles. The Morgan fingerprint density at radius 1 is 1.12 bits per heavy atom. The van der Waals surface area contributed by atoms with Crippen LogP contribution in [0.15, 0.2) is 54.2 Å². The molecular formula is C21H24N2O3. The smallest absolute Gasteiger partial charge is 0.267 e. The van der Waals surface area contributed by atoms with E-state index in [1.807, 2.05) is 55.5 Å². The van der Waals surface area contributed by atoms with Crippen LogP contribution in [0.25, 0.3) is 6.08 Å². The van der Waals surface area contributed by atoms with Crippen molar-refractivity contribution in [2.24, 2.45) is 0 Å². The fraction of sp³-hybridized carbons (Fsp3) is 0.238. The maximum atomic E-state index is 12.5. The molecule has 2 aromatic carbocycles. The molecule has 0 heterocycles. The number of carbonyl (C=O) groups excluding carboxylic acids is 2. The molecule has 0 bridgehead atoms. The number of hydrogen-bond acceptors (Lipinski definition) is 3. The Morgan fingerprint density at radius 2 is 1.85 bits per heavy atom. The van der Waals surface area contributed by atoms with Crippen molar-refractivity contribution in [3.63, 3.8) is 0 Å². The van der Waals surface area contributed by atoms with E-state index in [1.54, 1.807) is 13.2 Å². The maximum absolute atomic E-state index is 12.5. The zero-order valence-corrected chi connectivity index (χ0v) is 15.3. The summed E-state index contributed by atoms with van der Waals surface area (Å²) < 4.78 is 5.36. The number of benzene rings is 2. The van der Waals surface area contributed by atoms with Crippen molar-refractivity contribution >= 4 is 17.9 Å². The van der Waals surface area contributed by atoms with E-state index in [-0.39, 0.29) is 17.5 Å². The Morgan fingerprint density at radius 3 is 2.50 bits per heavy atom. The Balaban J connectivity index is 2.05. The minimum atomic E-state index is -0.323. The highest BCUT2D eigenvalue weighted by Crippen LogP contribution is 2.19. The third kappa shape index (κ3) is 5.77. The molecule has 2 N–H and O–H groups in total. The van der Waals surface area contributed by atoms with Crippen LogP contribution in [0.1, 0.15) is 23.6 Å². The van der Waals surface area contributed by atoms with Crippen LogP contribution >= 0.6 is 0 Å². The number of carbonyl (C=O) groups is 2. The molecule has 0 saturated carbocycles. The van der Waals surface area contributed by atoms with Crippen LogP contribution in [0.2, 0.25) is 0 Å². The van der Waals surface area contributed by atoms with Gasteiger partial charge in [0.1, 0.15) is 11.4 Å². The van der Waals surface area contributed by atoms with Crippen LogP contribution < -0.4 is 15.4 Å². The number of aryl methyl sites for hydroxylation is 1. The maximum Gasteiger partial charge on any atom is 0.267 e. The highest BCUT2D eigenvalue weighted by atomic mass is 16.5. The van der Waals surface area contributed by atoms with Crippen molar-refractivity contribution in [2.45, 2.75) is 20.3 Å². The fourth-order valence-corrected chi connectivity index (χ4v) is 2.57. The summed E-state index contributed by atoms with van der Waals surface area (Å²) in [4.78, 5) is 23.9. The Labute approximate surface area is 154 Å². The first-order valence-electron chi connectivity index (χ1n) is 8.45. The van der Waals surface area contributed by atoms with Gasteiger partial charge in [0.15, 0.2) is 0 Å². The molecule has 0 aliphatic carbocycles. The summed E-state index contributed by atoms with van der Waals surface area (Å²) in [5.74, 6) is 0.185. The lowest BCUT2D eigenvalue weighted by Gasteiger charge is -2.12. The summed E-state index contributed by atoms with van der Waals surface area (Å²) in [7, 11) is 1.63. The molecule has 0 saturated heterocycles. The Kier molecular flexibility index (Phi) is 6.97. The number of methoxy groups -OCH3 is 1. The standard InChI is InChI=1S/C21H24N2O3/c1-15-9-10-20(26-3)18(13-15)11-12-22-21(25)19(23-16(2)24)14-17-7-5-4-6-8-17/h4-10,13-14H,11-12H2,1-3H3,(H,22,25)(H,23,24)/b19-14-. The van der Waals surface area contributed by atoms with Crippen LogP contribution in [0, 0.1) is 6.92 Å². The average molecular weight is 352 g/mol. The van der Waals surface area contributed by atoms with E-state index in [1.165, 1.54) is 6.92 Å². The predicted molar refractivity (Wildman–Crippen MR) is 103 cm³/mol. The van der Waals surface area contributed by atoms with Crippen molar-refractivity contribution < 1.29 is 14.3 Å². The lowest BCUT2D eigenvalue weighted by atomic mass is 10.1. The van der Waals surface area contributed by atoms with E-state index in [0.29, 0.717) is 13.0 Å². The molecule has 2 rings (SSSR count). The quantitative estimate of drug-likeness (QED) is 0.753. The molecule has 26 heavy (non-hydrogen) atoms. The van der Waals surface area contributed by atoms with E-state index in [2.05, 4.69) is 10.6 Å². The van der Waals surface area contributed by atoms with Gasteiger partial charge in [-0.15, -0.1) is 0 Å². The van der Waals surface area contributed by atoms with Gasteiger partial charge < -0.3 is 15.4 Å². The summed E-state index contributed by atoms with van der Waals surface area (Å²) in [6.45, 7) is 3.83. The first-order valence-corrected chi connectivity index (χ1v) is 8.45. The van der Waals surface area contributed by atoms with Gasteiger partial charge >= 0.3 is 0 Å². The highest BCUT2D eigenvalue weighted by molar-refractivity contribution is 6.00. The zero-order valence-electron chi connectivity index (χ0n) is 15.3. The molecule has 2 amide bonds. The zero-order chi connectivity index (χ0) is 18.9. The van der Waals surface area contributed by atoms with Gasteiger partial charge in [-0.05, 0) is 36.6 Å². The van der Waals surface area contributed by atoms with E-state index in [9.17, 15) is 9.59 Å². The van der Waals surface area contributed by atoms with E-state index >= 15 is 0 Å². The van der Waals surface area contributed by atoms with Crippen molar-refractivity contribution in [3.8, 4) is 5.75 Å². The summed E-state index contributed by atoms with van der Waals surface area (Å²) in [5.41, 5.74) is 3.22. The monoisotopic (exact) mass is 352 g/mol. The molecule has 5 nitrogen and oxygen atoms in total. The van der Waals surface area contributed by atoms with Gasteiger partial charge in [0.25, 0.3) is 5.91 Å². The lowest BCUT2D eigenvalue weighted by Crippen LogP contribution is -2.34. The highest BCUT2D eigenvalue weighted by Gasteiger charge is 2.11. The lowest BCUT2D eigenvalue weighted by molar-refractivity contribution is -0.122. The van der Waals surface area contributed by atoms with Crippen LogP contribution in [0.3, 0.4) is 0 Å². The largest absolute Gasteiger partial charge is 0.496 e. The molecule has 0 unspecified atom stereocenters. The molecule has 2 aromatic rings. The minimum Gasteiger partial charge on any atom is -0.496 e. The van der Waals surface area contributed by atoms with Gasteiger partial charge in [0.2, 0.25) is 5.91 Å². The second kappa shape index (κ2) is 9.42. The fourth-order valence-electron chi connectivity index (χ4n) is 2.57. The van der Waals surface area contributed by atoms with Crippen LogP contribution in [-0.4, -0.2) is 25.5 Å². The van der Waals surface area contributed by atoms with E-state index < -0.39 is 0 Å². The molecule has 136 valence electrons. The summed E-state index contributed by atoms with van der Waals surface area (Å²) in [5, 5.41) is 5.44. The number of rotatable bonds is 7. The van der Waals surface area contributed by atoms with Crippen LogP contribution in [0.4, 0.5) is 0 Å². The third-order valence-corrected chi connectivity index (χ3v) is 3.78. The molecule has 0 fully saturated rings. The van der Waals surface area contributed by atoms with Gasteiger partial charge in [0, 0.05) is 13.5 Å². The molecule has 5 heteroatoms. The number of ether oxygens (including phenoxy) is 1. The molecule has 0 aliphatic heterocycles. The van der Waals surface area contributed by atoms with Crippen molar-refractivity contribution in [2.75, 3.05) is 13.7 Å². The molecular weight excluding hydrogens is 328 g/mol. The Bertz CT molecular complexity index is 798. The molecule has 0 aliphatic rings. The first-order chi connectivity index (χ1) is 12.5. The SMILES string of the molecule is COc1ccc(C)cc1CCNC(=O)/C(=C/c1ccccc1)NC(C)=O. The average Bonchev–Trinajstić information content (AvgIpc) is 2.62. The molecule has 0 radical (unpaired) electrons. The number of amides is 2. The summed E-state index contributed by atoms with van der Waals surface area (Å²) in [6.07, 6.45) is 2.29. The first kappa shape index (κ1) is 19.2. The normalized spacial score (nSPS) is 11.0. The van der Waals surface area contributed by atoms with Gasteiger partial charge in [-0.1, -0.05) is 48.0 Å². The van der Waals surface area contributed by atoms with Gasteiger partial charge in [-0.25, -0.2) is 0 Å².